The van der Waals surface area contributed by atoms with Crippen molar-refractivity contribution >= 4 is 29.0 Å². The first kappa shape index (κ1) is 42.9. The number of nitro groups is 1. The van der Waals surface area contributed by atoms with E-state index in [2.05, 4.69) is 56.8 Å². The third-order valence-corrected chi connectivity index (χ3v) is 7.65. The standard InChI is InChI=1S/C12H12N6O.C11H9N7O3.C8H7FN4.C3H4N2O/c1-18-16-12(15-17-18)6-2-3-8-7(4-6)5-9(13)10(8)11(14)19;1-17-15-11(14-16-17)6-2-3-7(8(5-12)10(13)19)9(4-6)18(20)21;1-13-11-8(10-12-13)6-2-4-7(9)5-3-6;1-5-2-3(4)6/h2-4H,5,13H2,1H3,(H2,14,19);2-4,8H,1H3,(H2,13,19);2-5H,1H3;2H2,(H2,4,6). The fourth-order valence-corrected chi connectivity index (χ4v) is 5.13. The van der Waals surface area contributed by atoms with Crippen LogP contribution in [0.15, 0.2) is 66.4 Å². The van der Waals surface area contributed by atoms with Crippen LogP contribution in [0, 0.1) is 33.8 Å². The number of carbonyl (C=O) groups is 3. The van der Waals surface area contributed by atoms with Crippen LogP contribution in [0.3, 0.4) is 0 Å². The summed E-state index contributed by atoms with van der Waals surface area (Å²) in [5.41, 5.74) is 25.0. The van der Waals surface area contributed by atoms with Crippen LogP contribution in [0.25, 0.3) is 44.6 Å². The van der Waals surface area contributed by atoms with Crippen LogP contribution >= 0.6 is 0 Å². The van der Waals surface area contributed by atoms with Gasteiger partial charge in [-0.25, -0.2) is 11.0 Å². The lowest BCUT2D eigenvalue weighted by Gasteiger charge is -2.07. The highest BCUT2D eigenvalue weighted by Gasteiger charge is 2.28. The number of halogens is 1. The number of aromatic nitrogens is 12. The number of fused-ring (bicyclic) bond motifs is 1. The van der Waals surface area contributed by atoms with Crippen molar-refractivity contribution in [3.8, 4) is 40.2 Å². The highest BCUT2D eigenvalue weighted by molar-refractivity contribution is 6.21. The Morgan fingerprint density at radius 3 is 1.76 bits per heavy atom. The van der Waals surface area contributed by atoms with Gasteiger partial charge in [-0.1, -0.05) is 18.2 Å². The van der Waals surface area contributed by atoms with E-state index in [1.807, 2.05) is 18.2 Å². The van der Waals surface area contributed by atoms with Crippen molar-refractivity contribution in [2.24, 2.45) is 44.1 Å². The minimum absolute atomic E-state index is 0.0670. The van der Waals surface area contributed by atoms with E-state index in [4.69, 9.17) is 29.0 Å². The molecule has 3 amide bonds. The zero-order valence-electron chi connectivity index (χ0n) is 31.2. The maximum absolute atomic E-state index is 12.5. The van der Waals surface area contributed by atoms with Gasteiger partial charge in [-0.2, -0.15) is 19.7 Å². The number of primary amides is 3. The molecular formula is C34H32FN19O5. The molecule has 3 aromatic carbocycles. The summed E-state index contributed by atoms with van der Waals surface area (Å²) >= 11 is 0. The molecule has 3 aromatic heterocycles. The first-order chi connectivity index (χ1) is 28.0. The maximum Gasteiger partial charge on any atom is 0.297 e. The van der Waals surface area contributed by atoms with E-state index >= 15 is 0 Å². The molecule has 3 heterocycles. The summed E-state index contributed by atoms with van der Waals surface area (Å²) in [6.45, 7) is 5.86. The molecule has 1 atom stereocenters. The molecule has 0 fully saturated rings. The molecule has 300 valence electrons. The van der Waals surface area contributed by atoms with Crippen LogP contribution in [0.4, 0.5) is 10.1 Å². The molecule has 1 aliphatic carbocycles. The van der Waals surface area contributed by atoms with Crippen molar-refractivity contribution in [2.45, 2.75) is 12.3 Å². The van der Waals surface area contributed by atoms with Crippen molar-refractivity contribution < 1.29 is 23.7 Å². The number of nitrogens with two attached hydrogens (primary N) is 4. The molecule has 24 nitrogen and oxygen atoms in total. The number of amides is 3. The lowest BCUT2D eigenvalue weighted by atomic mass is 9.96. The van der Waals surface area contributed by atoms with Gasteiger partial charge in [-0.15, -0.1) is 30.6 Å². The molecule has 0 saturated heterocycles. The molecular weight excluding hydrogens is 773 g/mol. The molecule has 8 N–H and O–H groups in total. The topological polar surface area (TPSA) is 357 Å². The minimum atomic E-state index is -1.39. The number of carbonyl (C=O) groups excluding carboxylic acids is 3. The summed E-state index contributed by atoms with van der Waals surface area (Å²) in [4.78, 5) is 49.3. The predicted octanol–water partition coefficient (Wildman–Crippen LogP) is -0.127. The van der Waals surface area contributed by atoms with Crippen LogP contribution in [-0.2, 0) is 41.9 Å². The van der Waals surface area contributed by atoms with Crippen molar-refractivity contribution in [3.05, 3.63) is 110 Å². The summed E-state index contributed by atoms with van der Waals surface area (Å²) < 4.78 is 12.5. The van der Waals surface area contributed by atoms with Crippen molar-refractivity contribution in [1.82, 2.24) is 60.6 Å². The lowest BCUT2D eigenvalue weighted by molar-refractivity contribution is -0.385. The Kier molecular flexibility index (Phi) is 13.9. The number of nitriles is 1. The number of allylic oxidation sites excluding steroid dienone is 1. The second-order valence-corrected chi connectivity index (χ2v) is 11.9. The summed E-state index contributed by atoms with van der Waals surface area (Å²) in [6, 6.07) is 17.1. The van der Waals surface area contributed by atoms with Gasteiger partial charge in [-0.05, 0) is 63.2 Å². The Bertz CT molecular complexity index is 2640. The second-order valence-electron chi connectivity index (χ2n) is 11.9. The molecule has 0 aliphatic heterocycles. The van der Waals surface area contributed by atoms with Crippen LogP contribution in [0.1, 0.15) is 22.6 Å². The number of hydrogen-bond acceptors (Lipinski definition) is 16. The quantitative estimate of drug-likeness (QED) is 0.0884. The van der Waals surface area contributed by atoms with E-state index in [0.29, 0.717) is 34.9 Å². The van der Waals surface area contributed by atoms with E-state index in [-0.39, 0.29) is 23.7 Å². The number of aryl methyl sites for hydroxylation is 3. The fourth-order valence-electron chi connectivity index (χ4n) is 5.13. The Morgan fingerprint density at radius 1 is 0.864 bits per heavy atom. The monoisotopic (exact) mass is 805 g/mol. The molecule has 0 spiro atoms. The largest absolute Gasteiger partial charge is 0.401 e. The first-order valence-electron chi connectivity index (χ1n) is 16.5. The molecule has 0 bridgehead atoms. The smallest absolute Gasteiger partial charge is 0.297 e. The Hall–Kier alpha value is -8.87. The number of hydrogen-bond donors (Lipinski definition) is 4. The van der Waals surface area contributed by atoms with Crippen molar-refractivity contribution in [1.29, 1.82) is 5.26 Å². The normalized spacial score (nSPS) is 11.5. The van der Waals surface area contributed by atoms with Gasteiger partial charge < -0.3 is 27.8 Å². The lowest BCUT2D eigenvalue weighted by Crippen LogP contribution is -2.20. The zero-order chi connectivity index (χ0) is 43.4. The average molecular weight is 806 g/mol. The van der Waals surface area contributed by atoms with E-state index in [9.17, 15) is 28.9 Å². The Labute approximate surface area is 331 Å². The number of nitrogens with zero attached hydrogens (tertiary/aromatic N) is 15. The summed E-state index contributed by atoms with van der Waals surface area (Å²) in [5.74, 6) is -2.45. The number of tetrazole rings is 3. The molecule has 59 heavy (non-hydrogen) atoms. The number of nitro benzene ring substituents is 1. The zero-order valence-corrected chi connectivity index (χ0v) is 31.2. The summed E-state index contributed by atoms with van der Waals surface area (Å²) in [6.07, 6.45) is 0.516. The van der Waals surface area contributed by atoms with E-state index in [1.54, 1.807) is 39.3 Å². The average Bonchev–Trinajstić information content (AvgIpc) is 3.99. The molecule has 0 saturated carbocycles. The highest BCUT2D eigenvalue weighted by Crippen LogP contribution is 2.33. The van der Waals surface area contributed by atoms with Gasteiger partial charge in [0.25, 0.3) is 24.0 Å². The van der Waals surface area contributed by atoms with Crippen LogP contribution in [0.2, 0.25) is 0 Å². The minimum Gasteiger partial charge on any atom is -0.401 e. The fraction of sp³-hybridized carbons (Fsp3) is 0.176. The van der Waals surface area contributed by atoms with E-state index in [0.717, 1.165) is 22.3 Å². The molecule has 1 aliphatic rings. The highest BCUT2D eigenvalue weighted by atomic mass is 19.1. The van der Waals surface area contributed by atoms with E-state index in [1.165, 1.54) is 44.7 Å². The van der Waals surface area contributed by atoms with Gasteiger partial charge in [0.1, 0.15) is 5.82 Å². The third kappa shape index (κ3) is 11.1. The van der Waals surface area contributed by atoms with Gasteiger partial charge in [0, 0.05) is 34.9 Å². The Balaban J connectivity index is 0.000000186. The Morgan fingerprint density at radius 2 is 1.36 bits per heavy atom. The van der Waals surface area contributed by atoms with Crippen molar-refractivity contribution in [3.63, 3.8) is 0 Å². The molecule has 6 aromatic rings. The van der Waals surface area contributed by atoms with Gasteiger partial charge in [-0.3, -0.25) is 24.5 Å². The van der Waals surface area contributed by atoms with Gasteiger partial charge in [0.05, 0.1) is 43.3 Å². The third-order valence-electron chi connectivity index (χ3n) is 7.65. The SMILES string of the molecule is Cn1nnc(-c2ccc(C(C#N)C(N)=O)c([N+](=O)[O-])c2)n1.Cn1nnc(-c2ccc(F)cc2)n1.Cn1nnc(-c2ccc3c(c2)CC(N)=C3C(N)=O)n1.[C-]#[N+]CC(N)=O. The molecule has 25 heteroatoms. The molecule has 7 rings (SSSR count). The summed E-state index contributed by atoms with van der Waals surface area (Å²) in [5, 5.41) is 54.7. The summed E-state index contributed by atoms with van der Waals surface area (Å²) in [7, 11) is 4.94. The van der Waals surface area contributed by atoms with Gasteiger partial charge >= 0.3 is 0 Å². The second kappa shape index (κ2) is 19.1. The van der Waals surface area contributed by atoms with Crippen LogP contribution in [-0.4, -0.2) is 89.8 Å². The van der Waals surface area contributed by atoms with Crippen LogP contribution < -0.4 is 22.9 Å². The van der Waals surface area contributed by atoms with Crippen LogP contribution in [0.5, 0.6) is 0 Å². The van der Waals surface area contributed by atoms with Crippen molar-refractivity contribution in [2.75, 3.05) is 6.54 Å². The van der Waals surface area contributed by atoms with Gasteiger partial charge in [0.15, 0.2) is 5.92 Å². The maximum atomic E-state index is 12.5. The van der Waals surface area contributed by atoms with Gasteiger partial charge in [0.2, 0.25) is 23.4 Å². The first-order valence-corrected chi connectivity index (χ1v) is 16.5. The number of rotatable bonds is 8. The molecule has 1 unspecified atom stereocenters. The predicted molar refractivity (Wildman–Crippen MR) is 202 cm³/mol. The molecule has 0 radical (unpaired) electrons. The number of benzene rings is 3. The van der Waals surface area contributed by atoms with E-state index < -0.39 is 34.3 Å².